The quantitative estimate of drug-likeness (QED) is 0.568. The van der Waals surface area contributed by atoms with Gasteiger partial charge in [-0.2, -0.15) is 18.4 Å². The highest BCUT2D eigenvalue weighted by molar-refractivity contribution is 5.92. The van der Waals surface area contributed by atoms with Crippen LogP contribution in [0.1, 0.15) is 27.8 Å². The summed E-state index contributed by atoms with van der Waals surface area (Å²) in [5, 5.41) is 14.3. The predicted octanol–water partition coefficient (Wildman–Crippen LogP) is 4.90. The summed E-state index contributed by atoms with van der Waals surface area (Å²) in [5.41, 5.74) is 1.77. The van der Waals surface area contributed by atoms with Crippen molar-refractivity contribution < 1.29 is 18.0 Å². The standard InChI is InChI=1S/C24H20F3N3O/c25-24(26,27)22-13-21(11-10-19(22)14-28)30-23(31)16-29-15-20-9-5-4-8-18(20)12-17-6-2-1-3-7-17/h1-11,13,29H,12,15-16H2,(H,30,31). The van der Waals surface area contributed by atoms with Gasteiger partial charge in [0.15, 0.2) is 0 Å². The van der Waals surface area contributed by atoms with Gasteiger partial charge in [-0.3, -0.25) is 4.79 Å². The molecule has 0 saturated heterocycles. The van der Waals surface area contributed by atoms with Crippen LogP contribution in [0, 0.1) is 11.3 Å². The molecule has 0 bridgehead atoms. The van der Waals surface area contributed by atoms with Crippen molar-refractivity contribution in [2.75, 3.05) is 11.9 Å². The molecule has 0 aliphatic heterocycles. The molecule has 0 radical (unpaired) electrons. The number of benzene rings is 3. The van der Waals surface area contributed by atoms with E-state index in [-0.39, 0.29) is 12.2 Å². The molecular weight excluding hydrogens is 403 g/mol. The van der Waals surface area contributed by atoms with Crippen LogP contribution >= 0.6 is 0 Å². The molecule has 31 heavy (non-hydrogen) atoms. The molecule has 2 N–H and O–H groups in total. The second-order valence-corrected chi connectivity index (χ2v) is 6.95. The van der Waals surface area contributed by atoms with Gasteiger partial charge in [-0.25, -0.2) is 0 Å². The van der Waals surface area contributed by atoms with Crippen molar-refractivity contribution in [3.63, 3.8) is 0 Å². The Morgan fingerprint density at radius 1 is 0.935 bits per heavy atom. The zero-order chi connectivity index (χ0) is 22.3. The molecule has 0 aromatic heterocycles. The third-order valence-corrected chi connectivity index (χ3v) is 4.69. The average Bonchev–Trinajstić information content (AvgIpc) is 2.75. The lowest BCUT2D eigenvalue weighted by atomic mass is 10.00. The lowest BCUT2D eigenvalue weighted by Gasteiger charge is -2.13. The largest absolute Gasteiger partial charge is 0.417 e. The third-order valence-electron chi connectivity index (χ3n) is 4.69. The van der Waals surface area contributed by atoms with Crippen molar-refractivity contribution in [3.05, 3.63) is 101 Å². The number of alkyl halides is 3. The van der Waals surface area contributed by atoms with Gasteiger partial charge in [0.2, 0.25) is 5.91 Å². The van der Waals surface area contributed by atoms with E-state index in [0.717, 1.165) is 29.7 Å². The molecule has 0 saturated carbocycles. The highest BCUT2D eigenvalue weighted by atomic mass is 19.4. The summed E-state index contributed by atoms with van der Waals surface area (Å²) in [5.74, 6) is -0.474. The number of carbonyl (C=O) groups is 1. The van der Waals surface area contributed by atoms with E-state index in [1.807, 2.05) is 54.6 Å². The smallest absolute Gasteiger partial charge is 0.325 e. The third kappa shape index (κ3) is 6.17. The van der Waals surface area contributed by atoms with Crippen LogP contribution < -0.4 is 10.6 Å². The second kappa shape index (κ2) is 9.92. The summed E-state index contributed by atoms with van der Waals surface area (Å²) in [6, 6.07) is 22.5. The van der Waals surface area contributed by atoms with Crippen molar-refractivity contribution >= 4 is 11.6 Å². The number of amides is 1. The van der Waals surface area contributed by atoms with E-state index < -0.39 is 23.2 Å². The Balaban J connectivity index is 1.59. The van der Waals surface area contributed by atoms with Crippen molar-refractivity contribution in [3.8, 4) is 6.07 Å². The molecule has 1 amide bonds. The zero-order valence-corrected chi connectivity index (χ0v) is 16.5. The minimum Gasteiger partial charge on any atom is -0.325 e. The highest BCUT2D eigenvalue weighted by Crippen LogP contribution is 2.33. The van der Waals surface area contributed by atoms with Crippen LogP contribution in [0.3, 0.4) is 0 Å². The van der Waals surface area contributed by atoms with Crippen molar-refractivity contribution in [1.29, 1.82) is 5.26 Å². The summed E-state index contributed by atoms with van der Waals surface area (Å²) in [6.07, 6.45) is -3.91. The number of rotatable bonds is 7. The molecule has 7 heteroatoms. The van der Waals surface area contributed by atoms with Gasteiger partial charge in [0.1, 0.15) is 0 Å². The minimum absolute atomic E-state index is 0.0115. The molecule has 3 rings (SSSR count). The van der Waals surface area contributed by atoms with Gasteiger partial charge in [-0.1, -0.05) is 54.6 Å². The number of nitrogens with zero attached hydrogens (tertiary/aromatic N) is 1. The van der Waals surface area contributed by atoms with Gasteiger partial charge in [-0.15, -0.1) is 0 Å². The Hall–Kier alpha value is -3.63. The lowest BCUT2D eigenvalue weighted by molar-refractivity contribution is -0.137. The second-order valence-electron chi connectivity index (χ2n) is 6.95. The fourth-order valence-corrected chi connectivity index (χ4v) is 3.19. The van der Waals surface area contributed by atoms with Crippen LogP contribution in [0.15, 0.2) is 72.8 Å². The summed E-state index contributed by atoms with van der Waals surface area (Å²) in [4.78, 5) is 12.2. The first-order chi connectivity index (χ1) is 14.9. The molecular formula is C24H20F3N3O. The van der Waals surface area contributed by atoms with Gasteiger partial charge in [-0.05, 0) is 41.3 Å². The minimum atomic E-state index is -4.67. The highest BCUT2D eigenvalue weighted by Gasteiger charge is 2.33. The molecule has 0 heterocycles. The van der Waals surface area contributed by atoms with Crippen molar-refractivity contribution in [2.45, 2.75) is 19.1 Å². The van der Waals surface area contributed by atoms with E-state index in [1.54, 1.807) is 0 Å². The van der Waals surface area contributed by atoms with E-state index in [4.69, 9.17) is 5.26 Å². The predicted molar refractivity (Wildman–Crippen MR) is 112 cm³/mol. The number of halogens is 3. The first-order valence-electron chi connectivity index (χ1n) is 9.59. The molecule has 3 aromatic carbocycles. The molecule has 0 fully saturated rings. The van der Waals surface area contributed by atoms with Crippen LogP contribution in [0.4, 0.5) is 18.9 Å². The van der Waals surface area contributed by atoms with Gasteiger partial charge < -0.3 is 10.6 Å². The van der Waals surface area contributed by atoms with Crippen LogP contribution in [-0.2, 0) is 23.9 Å². The molecule has 0 atom stereocenters. The van der Waals surface area contributed by atoms with Crippen LogP contribution in [0.2, 0.25) is 0 Å². The fourth-order valence-electron chi connectivity index (χ4n) is 3.19. The molecule has 3 aromatic rings. The average molecular weight is 423 g/mol. The molecule has 0 spiro atoms. The maximum absolute atomic E-state index is 13.1. The normalized spacial score (nSPS) is 11.0. The topological polar surface area (TPSA) is 64.9 Å². The maximum atomic E-state index is 13.1. The summed E-state index contributed by atoms with van der Waals surface area (Å²) in [7, 11) is 0. The summed E-state index contributed by atoms with van der Waals surface area (Å²) < 4.78 is 39.2. The van der Waals surface area contributed by atoms with E-state index in [0.29, 0.717) is 6.54 Å². The first kappa shape index (κ1) is 22.1. The lowest BCUT2D eigenvalue weighted by Crippen LogP contribution is -2.28. The number of hydrogen-bond donors (Lipinski definition) is 2. The Morgan fingerprint density at radius 3 is 2.29 bits per heavy atom. The number of carbonyl (C=O) groups excluding carboxylic acids is 1. The zero-order valence-electron chi connectivity index (χ0n) is 16.5. The van der Waals surface area contributed by atoms with Gasteiger partial charge in [0, 0.05) is 12.2 Å². The number of nitriles is 1. The summed E-state index contributed by atoms with van der Waals surface area (Å²) >= 11 is 0. The Kier molecular flexibility index (Phi) is 7.06. The molecule has 0 aliphatic rings. The monoisotopic (exact) mass is 423 g/mol. The van der Waals surface area contributed by atoms with Crippen LogP contribution in [0.5, 0.6) is 0 Å². The molecule has 0 aliphatic carbocycles. The van der Waals surface area contributed by atoms with Crippen molar-refractivity contribution in [2.24, 2.45) is 0 Å². The van der Waals surface area contributed by atoms with Gasteiger partial charge >= 0.3 is 6.18 Å². The first-order valence-corrected chi connectivity index (χ1v) is 9.59. The Morgan fingerprint density at radius 2 is 1.61 bits per heavy atom. The maximum Gasteiger partial charge on any atom is 0.417 e. The van der Waals surface area contributed by atoms with Crippen LogP contribution in [-0.4, -0.2) is 12.5 Å². The number of anilines is 1. The van der Waals surface area contributed by atoms with E-state index in [9.17, 15) is 18.0 Å². The van der Waals surface area contributed by atoms with E-state index >= 15 is 0 Å². The summed E-state index contributed by atoms with van der Waals surface area (Å²) in [6.45, 7) is 0.374. The fraction of sp³-hybridized carbons (Fsp3) is 0.167. The SMILES string of the molecule is N#Cc1ccc(NC(=O)CNCc2ccccc2Cc2ccccc2)cc1C(F)(F)F. The van der Waals surface area contributed by atoms with Gasteiger partial charge in [0.25, 0.3) is 0 Å². The molecule has 158 valence electrons. The van der Waals surface area contributed by atoms with E-state index in [2.05, 4.69) is 10.6 Å². The number of nitrogens with one attached hydrogen (secondary N) is 2. The van der Waals surface area contributed by atoms with E-state index in [1.165, 1.54) is 17.7 Å². The van der Waals surface area contributed by atoms with Gasteiger partial charge in [0.05, 0.1) is 23.7 Å². The number of hydrogen-bond acceptors (Lipinski definition) is 3. The van der Waals surface area contributed by atoms with Crippen molar-refractivity contribution in [1.82, 2.24) is 5.32 Å². The molecule has 4 nitrogen and oxygen atoms in total. The Bertz CT molecular complexity index is 1090. The van der Waals surface area contributed by atoms with Crippen LogP contribution in [0.25, 0.3) is 0 Å². The molecule has 0 unspecified atom stereocenters. The Labute approximate surface area is 178 Å².